The second kappa shape index (κ2) is 29.9. The van der Waals surface area contributed by atoms with Crippen LogP contribution in [0.15, 0.2) is 82.8 Å². The average molecular weight is 1610 g/mol. The Morgan fingerprint density at radius 3 is 1.61 bits per heavy atom. The van der Waals surface area contributed by atoms with E-state index in [-0.39, 0.29) is 17.5 Å². The summed E-state index contributed by atoms with van der Waals surface area (Å²) in [5, 5.41) is 69.7. The van der Waals surface area contributed by atoms with Crippen LogP contribution in [0, 0.1) is 5.92 Å². The number of ether oxygens (including phenoxy) is 10. The quantitative estimate of drug-likeness (QED) is 0.0304. The van der Waals surface area contributed by atoms with Gasteiger partial charge in [-0.05, 0) is 6.42 Å². The van der Waals surface area contributed by atoms with Crippen LogP contribution in [0.5, 0.6) is 0 Å². The summed E-state index contributed by atoms with van der Waals surface area (Å²) in [5.74, 6) is -60.2. The number of rotatable bonds is 17. The number of anilines is 1. The molecule has 12 N–H and O–H groups in total. The van der Waals surface area contributed by atoms with Crippen molar-refractivity contribution >= 4 is 134 Å². The molecular weight excluding hydrogens is 1560 g/mol. The minimum atomic E-state index is -6.61. The number of primary amides is 1. The van der Waals surface area contributed by atoms with E-state index >= 15 is 4.79 Å². The summed E-state index contributed by atoms with van der Waals surface area (Å²) in [5.41, 5.74) is -1.66. The molecule has 4 fully saturated rings. The molecule has 13 atom stereocenters. The number of phosphoric ester groups is 2. The number of nitrogens with zero attached hydrogens (tertiary/aromatic N) is 5. The van der Waals surface area contributed by atoms with Crippen molar-refractivity contribution < 1.29 is 231 Å². The molecule has 2 aromatic rings. The van der Waals surface area contributed by atoms with Gasteiger partial charge in [-0.1, -0.05) is 6.08 Å². The maximum absolute atomic E-state index is 15.1. The fourth-order valence-corrected chi connectivity index (χ4v) is 12.7. The predicted octanol–water partition coefficient (Wildman–Crippen LogP) is -9.01. The van der Waals surface area contributed by atoms with E-state index in [1.807, 2.05) is 0 Å². The van der Waals surface area contributed by atoms with Crippen molar-refractivity contribution in [3.05, 3.63) is 82.8 Å². The number of fused-ring (bicyclic) bond motifs is 13. The standard InChI is InChI=1S/C53H41N7O48P2/c54-35-21-37(57-12-56-35)60(13-58-21)39-24(68)34(69)53(99-39,11-89-110(86,87)108-109(84,85)88-10-15-22(66)23(67)38(90-15)59-5-1-2-14(9-59)36(55)70)33-48(79)96-30-32-47(78)107-101-41(72)26(28(43(74)103-105-45(30)76)95-20(65)8-52(33,83)50(81)98-32)92-17(62)4-3-16(61)91-25-27-42(73)102-104-44(75)29-31(46(77)106-100-40(25)71)97-49(80)51(82,6-18(63)93-27)7-19(64)94-29/h1,5,9,12-13,15,22-24,33-34,38-39,66-69,82-83H,2-4,6-8,10-11H2,(H2,55,70)(H,84,85)(H,86,87)(H2,54,56,57)/b27-25-,28-26+,31-29-,32-30-/t15-,22-,23-,24-,33?,34+,38-,39-,51?,52?,53+/m1/s1. The Bertz CT molecular complexity index is 4780. The number of carbonyl (C=O) groups is 17. The molecule has 1 amide bonds. The van der Waals surface area contributed by atoms with Gasteiger partial charge in [0.1, 0.15) is 53.9 Å². The van der Waals surface area contributed by atoms with Crippen molar-refractivity contribution in [3.63, 3.8) is 0 Å². The molecule has 57 heteroatoms. The number of imidazole rings is 1. The normalized spacial score (nSPS) is 32.1. The zero-order valence-corrected chi connectivity index (χ0v) is 55.1. The summed E-state index contributed by atoms with van der Waals surface area (Å²) in [7, 11) is -12.8. The smallest absolute Gasteiger partial charge is 0.414 e. The molecule has 5 unspecified atom stereocenters. The third-order valence-corrected chi connectivity index (χ3v) is 18.1. The van der Waals surface area contributed by atoms with Crippen LogP contribution in [0.4, 0.5) is 5.82 Å². The summed E-state index contributed by atoms with van der Waals surface area (Å²) in [6, 6.07) is 0. The average Bonchev–Trinajstić information content (AvgIpc) is 1.54. The molecule has 586 valence electrons. The van der Waals surface area contributed by atoms with Crippen LogP contribution in [0.2, 0.25) is 0 Å². The first-order valence-corrected chi connectivity index (χ1v) is 32.6. The molecule has 13 aliphatic heterocycles. The summed E-state index contributed by atoms with van der Waals surface area (Å²) >= 11 is 0. The number of carbonyl (C=O) groups excluding carboxylic acids is 17. The number of allylic oxidation sites excluding steroid dienone is 1. The Balaban J connectivity index is 0.905. The van der Waals surface area contributed by atoms with Crippen LogP contribution in [0.1, 0.15) is 44.8 Å². The first-order valence-electron chi connectivity index (χ1n) is 29.6. The highest BCUT2D eigenvalue weighted by Gasteiger charge is 2.72. The van der Waals surface area contributed by atoms with Crippen molar-refractivity contribution in [1.29, 1.82) is 0 Å². The molecule has 0 aliphatic carbocycles. The van der Waals surface area contributed by atoms with Gasteiger partial charge in [-0.15, -0.1) is 0 Å². The third-order valence-electron chi connectivity index (χ3n) is 15.6. The number of aliphatic hydroxyl groups excluding tert-OH is 4. The highest BCUT2D eigenvalue weighted by Crippen LogP contribution is 2.62. The SMILES string of the molecule is NC(=O)C1=CN([C@@H]2O[C@H](COP(=O)(O)OP(=O)(O)OC[C@@]3(C4C(=O)O/C5=C6\OC(=O)C4(O)CC(=O)O/C(=C(/OC(=O)CCC(=O)O/C4=C7\OC(=O)CC8(O)CC(=O)O/C(=C(\OC8=O)C(=O)OOC4=O)C(=O)OOC7=O)C(=O)OOC6=O)C(=O)OOC5=O)O[C@@H](n4cnc5c(N)ncnc54)[C@H](O)[C@@H]3O)[C@@H](O)[C@H]2O)C=CC1. The van der Waals surface area contributed by atoms with Gasteiger partial charge in [-0.25, -0.2) is 111 Å². The van der Waals surface area contributed by atoms with Crippen molar-refractivity contribution in [3.8, 4) is 0 Å². The fourth-order valence-electron chi connectivity index (χ4n) is 10.6. The number of hydrogen-bond acceptors (Lipinski definition) is 51. The number of nitrogens with two attached hydrogens (primary N) is 2. The first kappa shape index (κ1) is 78.6. The van der Waals surface area contributed by atoms with E-state index in [2.05, 4.69) is 72.6 Å². The molecule has 2 aromatic heterocycles. The molecule has 13 aliphatic rings. The Labute approximate surface area is 599 Å². The zero-order chi connectivity index (χ0) is 80.2. The molecule has 15 heterocycles. The monoisotopic (exact) mass is 1610 g/mol. The van der Waals surface area contributed by atoms with E-state index in [0.717, 1.165) is 17.4 Å². The summed E-state index contributed by atoms with van der Waals surface area (Å²) < 4.78 is 91.7. The highest BCUT2D eigenvalue weighted by atomic mass is 31.3. The van der Waals surface area contributed by atoms with Crippen LogP contribution >= 0.6 is 15.6 Å². The molecule has 0 saturated carbocycles. The van der Waals surface area contributed by atoms with Crippen molar-refractivity contribution in [2.24, 2.45) is 11.7 Å². The maximum atomic E-state index is 15.1. The lowest BCUT2D eigenvalue weighted by Gasteiger charge is -2.44. The van der Waals surface area contributed by atoms with E-state index in [4.69, 9.17) is 53.7 Å². The number of aliphatic hydroxyl groups is 6. The number of phosphoric acid groups is 2. The molecule has 4 saturated heterocycles. The van der Waals surface area contributed by atoms with Crippen LogP contribution in [-0.2, 0) is 190 Å². The second-order valence-electron chi connectivity index (χ2n) is 22.8. The van der Waals surface area contributed by atoms with Gasteiger partial charge in [0.15, 0.2) is 35.1 Å². The minimum absolute atomic E-state index is 0.0193. The second-order valence-corrected chi connectivity index (χ2v) is 25.8. The number of hydrogen-bond donors (Lipinski definition) is 10. The van der Waals surface area contributed by atoms with Gasteiger partial charge in [0.05, 0.1) is 51.6 Å². The van der Waals surface area contributed by atoms with Crippen LogP contribution in [-0.4, -0.2) is 233 Å². The Morgan fingerprint density at radius 2 is 1.06 bits per heavy atom. The first-order chi connectivity index (χ1) is 51.6. The van der Waals surface area contributed by atoms with E-state index in [9.17, 15) is 126 Å². The van der Waals surface area contributed by atoms with E-state index in [1.54, 1.807) is 0 Å². The highest BCUT2D eigenvalue weighted by molar-refractivity contribution is 7.61. The molecule has 0 spiro atoms. The van der Waals surface area contributed by atoms with Gasteiger partial charge >= 0.3 is 111 Å². The van der Waals surface area contributed by atoms with Crippen LogP contribution < -0.4 is 11.5 Å². The lowest BCUT2D eigenvalue weighted by Crippen LogP contribution is -2.67. The van der Waals surface area contributed by atoms with Crippen molar-refractivity contribution in [1.82, 2.24) is 24.4 Å². The Kier molecular flexibility index (Phi) is 21.4. The van der Waals surface area contributed by atoms with Gasteiger partial charge in [0.25, 0.3) is 46.1 Å². The molecule has 0 aromatic carbocycles. The van der Waals surface area contributed by atoms with Crippen molar-refractivity contribution in [2.75, 3.05) is 18.9 Å². The predicted molar refractivity (Wildman–Crippen MR) is 303 cm³/mol. The van der Waals surface area contributed by atoms with Gasteiger partial charge in [-0.3, -0.25) is 47.2 Å². The van der Waals surface area contributed by atoms with Crippen LogP contribution in [0.25, 0.3) is 11.2 Å². The molecule has 55 nitrogen and oxygen atoms in total. The summed E-state index contributed by atoms with van der Waals surface area (Å²) in [6.45, 7) is -3.66. The van der Waals surface area contributed by atoms with Gasteiger partial charge in [-0.2, -0.15) is 4.31 Å². The largest absolute Gasteiger partial charge is 0.481 e. The molecule has 110 heavy (non-hydrogen) atoms. The Morgan fingerprint density at radius 1 is 0.582 bits per heavy atom. The third kappa shape index (κ3) is 15.5. The van der Waals surface area contributed by atoms with Gasteiger partial charge in [0, 0.05) is 18.0 Å². The molecule has 0 radical (unpaired) electrons. The van der Waals surface area contributed by atoms with Gasteiger partial charge in [0.2, 0.25) is 5.91 Å². The van der Waals surface area contributed by atoms with E-state index in [0.29, 0.717) is 10.9 Å². The van der Waals surface area contributed by atoms with Crippen LogP contribution in [0.3, 0.4) is 0 Å². The summed E-state index contributed by atoms with van der Waals surface area (Å²) in [4.78, 5) is 299. The zero-order valence-electron chi connectivity index (χ0n) is 53.4. The maximum Gasteiger partial charge on any atom is 0.481 e. The lowest BCUT2D eigenvalue weighted by molar-refractivity contribution is -0.263. The lowest BCUT2D eigenvalue weighted by atomic mass is 9.70. The molecule has 15 rings (SSSR count). The number of nitrogen functional groups attached to an aromatic ring is 1. The minimum Gasteiger partial charge on any atom is -0.414 e. The number of esters is 8. The molecular formula is C53H41N7O48P2. The topological polar surface area (TPSA) is 779 Å². The summed E-state index contributed by atoms with van der Waals surface area (Å²) in [6.07, 6.45) is -19.9. The van der Waals surface area contributed by atoms with Gasteiger partial charge < -0.3 is 104 Å². The van der Waals surface area contributed by atoms with E-state index < -0.39 is 286 Å². The number of aromatic nitrogens is 4. The van der Waals surface area contributed by atoms with Crippen molar-refractivity contribution in [2.45, 2.75) is 98.3 Å². The fraction of sp³-hybridized carbons (Fsp3) is 0.358. The number of amides is 1. The molecule has 8 bridgehead atoms. The Hall–Kier alpha value is -12.5. The van der Waals surface area contributed by atoms with E-state index in [1.165, 1.54) is 12.3 Å².